The van der Waals surface area contributed by atoms with Crippen molar-refractivity contribution in [1.29, 1.82) is 0 Å². The number of anilines is 2. The molecule has 1 N–H and O–H groups in total. The maximum Gasteiger partial charge on any atom is 0.163 e. The van der Waals surface area contributed by atoms with Gasteiger partial charge in [-0.3, -0.25) is 0 Å². The molecule has 0 unspecified atom stereocenters. The Morgan fingerprint density at radius 2 is 1.80 bits per heavy atom. The number of nitrogens with zero attached hydrogens (tertiary/aromatic N) is 6. The van der Waals surface area contributed by atoms with E-state index < -0.39 is 5.82 Å². The van der Waals surface area contributed by atoms with Crippen LogP contribution in [0.15, 0.2) is 85.8 Å². The van der Waals surface area contributed by atoms with E-state index in [4.69, 9.17) is 21.1 Å². The fourth-order valence-corrected chi connectivity index (χ4v) is 4.13. The van der Waals surface area contributed by atoms with Crippen LogP contribution < -0.4 is 14.8 Å². The Morgan fingerprint density at radius 1 is 0.950 bits per heavy atom. The first-order valence-corrected chi connectivity index (χ1v) is 12.7. The van der Waals surface area contributed by atoms with Gasteiger partial charge in [-0.1, -0.05) is 29.8 Å². The minimum Gasteiger partial charge on any atom is -0.493 e. The number of aromatic nitrogens is 6. The monoisotopic (exact) mass is 557 g/mol. The predicted molar refractivity (Wildman–Crippen MR) is 153 cm³/mol. The summed E-state index contributed by atoms with van der Waals surface area (Å²) in [4.78, 5) is 20.8. The highest BCUT2D eigenvalue weighted by atomic mass is 35.5. The average molecular weight is 558 g/mol. The molecule has 6 aromatic rings. The molecule has 0 aliphatic carbocycles. The second-order valence-corrected chi connectivity index (χ2v) is 9.06. The Kier molecular flexibility index (Phi) is 8.26. The van der Waals surface area contributed by atoms with Crippen LogP contribution in [0.3, 0.4) is 0 Å². The summed E-state index contributed by atoms with van der Waals surface area (Å²) in [5, 5.41) is 5.06. The van der Waals surface area contributed by atoms with E-state index in [2.05, 4.69) is 30.2 Å². The van der Waals surface area contributed by atoms with Crippen LogP contribution in [0.25, 0.3) is 21.8 Å². The van der Waals surface area contributed by atoms with Crippen LogP contribution in [-0.4, -0.2) is 43.2 Å². The predicted octanol–water partition coefficient (Wildman–Crippen LogP) is 6.16. The van der Waals surface area contributed by atoms with Gasteiger partial charge in [0.1, 0.15) is 30.1 Å². The van der Waals surface area contributed by atoms with E-state index in [1.807, 2.05) is 48.3 Å². The summed E-state index contributed by atoms with van der Waals surface area (Å²) in [7, 11) is 3.50. The van der Waals surface area contributed by atoms with Crippen molar-refractivity contribution in [3.8, 4) is 11.5 Å². The first-order chi connectivity index (χ1) is 19.5. The molecule has 202 valence electrons. The van der Waals surface area contributed by atoms with E-state index in [-0.39, 0.29) is 5.69 Å². The Morgan fingerprint density at radius 3 is 2.58 bits per heavy atom. The fraction of sp³-hybridized carbons (Fsp3) is 0.138. The van der Waals surface area contributed by atoms with E-state index in [9.17, 15) is 4.39 Å². The highest BCUT2D eigenvalue weighted by Crippen LogP contribution is 2.35. The molecule has 0 saturated heterocycles. The largest absolute Gasteiger partial charge is 0.493 e. The molecule has 3 aromatic carbocycles. The average Bonchev–Trinajstić information content (AvgIpc) is 3.39. The van der Waals surface area contributed by atoms with E-state index in [0.717, 1.165) is 16.7 Å². The first kappa shape index (κ1) is 26.8. The van der Waals surface area contributed by atoms with E-state index in [1.54, 1.807) is 43.9 Å². The summed E-state index contributed by atoms with van der Waals surface area (Å²) < 4.78 is 27.5. The number of para-hydroxylation sites is 1. The fourth-order valence-electron chi connectivity index (χ4n) is 3.97. The third-order valence-electron chi connectivity index (χ3n) is 6.02. The van der Waals surface area contributed by atoms with Crippen molar-refractivity contribution in [2.75, 3.05) is 19.0 Å². The van der Waals surface area contributed by atoms with E-state index in [1.165, 1.54) is 12.4 Å². The van der Waals surface area contributed by atoms with Crippen LogP contribution in [0, 0.1) is 5.82 Å². The molecule has 0 amide bonds. The van der Waals surface area contributed by atoms with Gasteiger partial charge in [-0.15, -0.1) is 0 Å². The molecule has 6 rings (SSSR count). The van der Waals surface area contributed by atoms with Gasteiger partial charge in [-0.05, 0) is 30.3 Å². The molecule has 40 heavy (non-hydrogen) atoms. The molecule has 0 radical (unpaired) electrons. The lowest BCUT2D eigenvalue weighted by molar-refractivity contribution is 0.295. The summed E-state index contributed by atoms with van der Waals surface area (Å²) in [5.74, 6) is 1.97. The zero-order valence-electron chi connectivity index (χ0n) is 21.8. The van der Waals surface area contributed by atoms with E-state index >= 15 is 0 Å². The molecule has 0 atom stereocenters. The van der Waals surface area contributed by atoms with Crippen LogP contribution in [0.5, 0.6) is 11.5 Å². The quantitative estimate of drug-likeness (QED) is 0.249. The van der Waals surface area contributed by atoms with Gasteiger partial charge in [0.05, 0.1) is 30.4 Å². The Balaban J connectivity index is 0.000000269. The zero-order chi connectivity index (χ0) is 27.9. The molecule has 3 aromatic heterocycles. The van der Waals surface area contributed by atoms with Crippen molar-refractivity contribution >= 4 is 44.9 Å². The van der Waals surface area contributed by atoms with Gasteiger partial charge in [0.2, 0.25) is 0 Å². The topological polar surface area (TPSA) is 99.9 Å². The minimum absolute atomic E-state index is 0.258. The Labute approximate surface area is 234 Å². The van der Waals surface area contributed by atoms with Crippen molar-refractivity contribution in [3.63, 3.8) is 0 Å². The number of methoxy groups -OCH3 is 1. The van der Waals surface area contributed by atoms with Crippen molar-refractivity contribution in [3.05, 3.63) is 103 Å². The third kappa shape index (κ3) is 6.24. The highest BCUT2D eigenvalue weighted by Gasteiger charge is 2.13. The first-order valence-electron chi connectivity index (χ1n) is 12.3. The molecule has 3 heterocycles. The van der Waals surface area contributed by atoms with Gasteiger partial charge < -0.3 is 19.4 Å². The molecular weight excluding hydrogens is 533 g/mol. The van der Waals surface area contributed by atoms with Crippen LogP contribution in [0.2, 0.25) is 5.02 Å². The summed E-state index contributed by atoms with van der Waals surface area (Å²) in [6.07, 6.45) is 9.06. The number of ether oxygens (including phenoxy) is 2. The van der Waals surface area contributed by atoms with Gasteiger partial charge in [0, 0.05) is 53.9 Å². The number of imidazole rings is 1. The van der Waals surface area contributed by atoms with Crippen LogP contribution in [0.4, 0.5) is 15.9 Å². The highest BCUT2D eigenvalue weighted by molar-refractivity contribution is 6.30. The van der Waals surface area contributed by atoms with Crippen LogP contribution in [0.1, 0.15) is 5.82 Å². The maximum absolute atomic E-state index is 14.2. The number of nitrogens with one attached hydrogen (secondary N) is 1. The van der Waals surface area contributed by atoms with Gasteiger partial charge in [-0.25, -0.2) is 29.3 Å². The van der Waals surface area contributed by atoms with Crippen LogP contribution in [-0.2, 0) is 13.5 Å². The molecular formula is C29H25ClFN7O2. The second-order valence-electron chi connectivity index (χ2n) is 8.63. The summed E-state index contributed by atoms with van der Waals surface area (Å²) in [6.45, 7) is 0.429. The number of hydrogen-bond acceptors (Lipinski definition) is 8. The lowest BCUT2D eigenvalue weighted by Crippen LogP contribution is -2.07. The standard InChI is InChI=1S/C21H19ClFN5O2.C8H6N2/c1-28-7-6-24-20(28)5-8-30-19-11-17-14(10-18(19)29-2)21(26-12-25-17)27-16-4-3-13(22)9-15(16)23;1-2-4-8-7(3-1)5-9-6-10-8/h3-4,6-7,9-12H,5,8H2,1-2H3,(H,25,26,27);1-6H. The molecule has 0 saturated carbocycles. The number of fused-ring (bicyclic) bond motifs is 2. The van der Waals surface area contributed by atoms with Crippen molar-refractivity contribution < 1.29 is 13.9 Å². The molecule has 9 nitrogen and oxygen atoms in total. The molecule has 0 spiro atoms. The van der Waals surface area contributed by atoms with Gasteiger partial charge in [0.25, 0.3) is 0 Å². The zero-order valence-corrected chi connectivity index (χ0v) is 22.5. The molecule has 0 bridgehead atoms. The van der Waals surface area contributed by atoms with Crippen LogP contribution >= 0.6 is 11.6 Å². The minimum atomic E-state index is -0.476. The molecule has 0 fully saturated rings. The van der Waals surface area contributed by atoms with Gasteiger partial charge in [-0.2, -0.15) is 0 Å². The molecule has 0 aliphatic rings. The number of halogens is 2. The van der Waals surface area contributed by atoms with E-state index in [0.29, 0.717) is 46.3 Å². The molecule has 0 aliphatic heterocycles. The number of aryl methyl sites for hydroxylation is 1. The van der Waals surface area contributed by atoms with Crippen molar-refractivity contribution in [2.24, 2.45) is 7.05 Å². The number of benzene rings is 3. The van der Waals surface area contributed by atoms with Gasteiger partial charge >= 0.3 is 0 Å². The Hall–Kier alpha value is -4.83. The Bertz CT molecular complexity index is 1700. The molecule has 11 heteroatoms. The summed E-state index contributed by atoms with van der Waals surface area (Å²) in [5.41, 5.74) is 1.89. The van der Waals surface area contributed by atoms with Crippen molar-refractivity contribution in [2.45, 2.75) is 6.42 Å². The SMILES string of the molecule is COc1cc2c(Nc3ccc(Cl)cc3F)ncnc2cc1OCCc1nccn1C.c1ccc2ncncc2c1. The lowest BCUT2D eigenvalue weighted by atomic mass is 10.2. The number of hydrogen-bond donors (Lipinski definition) is 1. The normalized spacial score (nSPS) is 10.7. The summed E-state index contributed by atoms with van der Waals surface area (Å²) in [6, 6.07) is 15.8. The third-order valence-corrected chi connectivity index (χ3v) is 6.26. The maximum atomic E-state index is 14.2. The second kappa shape index (κ2) is 12.4. The number of rotatable bonds is 7. The van der Waals surface area contributed by atoms with Crippen molar-refractivity contribution in [1.82, 2.24) is 29.5 Å². The van der Waals surface area contributed by atoms with Gasteiger partial charge in [0.15, 0.2) is 11.5 Å². The summed E-state index contributed by atoms with van der Waals surface area (Å²) >= 11 is 5.83. The smallest absolute Gasteiger partial charge is 0.163 e. The lowest BCUT2D eigenvalue weighted by Gasteiger charge is -2.14.